The van der Waals surface area contributed by atoms with Crippen LogP contribution in [0.2, 0.25) is 0 Å². The third kappa shape index (κ3) is 5.00. The normalized spacial score (nSPS) is 21.0. The molecule has 0 bridgehead atoms. The highest BCUT2D eigenvalue weighted by molar-refractivity contribution is 8.00. The van der Waals surface area contributed by atoms with Crippen molar-refractivity contribution < 1.29 is 56.1 Å². The molecule has 0 aromatic rings. The Hall–Kier alpha value is -1.17. The van der Waals surface area contributed by atoms with E-state index in [1.165, 1.54) is 6.08 Å². The summed E-state index contributed by atoms with van der Waals surface area (Å²) in [5.74, 6) is -7.61. The zero-order valence-corrected chi connectivity index (χ0v) is 18.5. The van der Waals surface area contributed by atoms with Crippen molar-refractivity contribution in [3.8, 4) is 0 Å². The Balaban J connectivity index is 2.29. The SMILES string of the molecule is O=S(O)NS(=O)(=O)C(F)(F)C(F)(F)C(F)(F)S(=O)(=O)OC1=CC=C(C2CCCCC2)CC1. The molecule has 1 saturated carbocycles. The highest BCUT2D eigenvalue weighted by atomic mass is 32.3. The third-order valence-electron chi connectivity index (χ3n) is 5.05. The summed E-state index contributed by atoms with van der Waals surface area (Å²) in [6.45, 7) is 0. The fraction of sp³-hybridized carbons (Fsp3) is 0.733. The minimum Gasteiger partial charge on any atom is -0.383 e. The zero-order chi connectivity index (χ0) is 24.6. The van der Waals surface area contributed by atoms with E-state index in [4.69, 9.17) is 4.55 Å². The van der Waals surface area contributed by atoms with Gasteiger partial charge < -0.3 is 4.18 Å². The molecule has 0 saturated heterocycles. The van der Waals surface area contributed by atoms with Gasteiger partial charge in [-0.1, -0.05) is 30.9 Å². The highest BCUT2D eigenvalue weighted by Crippen LogP contribution is 2.51. The predicted molar refractivity (Wildman–Crippen MR) is 99.6 cm³/mol. The summed E-state index contributed by atoms with van der Waals surface area (Å²) in [7, 11) is -13.7. The number of sulfonamides is 1. The number of allylic oxidation sites excluding steroid dienone is 4. The lowest BCUT2D eigenvalue weighted by molar-refractivity contribution is -0.246. The van der Waals surface area contributed by atoms with Crippen molar-refractivity contribution in [1.29, 1.82) is 0 Å². The molecule has 2 N–H and O–H groups in total. The molecule has 0 aromatic heterocycles. The highest BCUT2D eigenvalue weighted by Gasteiger charge is 2.83. The van der Waals surface area contributed by atoms with Gasteiger partial charge in [-0.15, -0.1) is 4.13 Å². The van der Waals surface area contributed by atoms with Gasteiger partial charge in [-0.3, -0.25) is 4.55 Å². The smallest absolute Gasteiger partial charge is 0.383 e. The lowest BCUT2D eigenvalue weighted by Crippen LogP contribution is -2.63. The molecule has 0 aliphatic heterocycles. The number of rotatable bonds is 9. The van der Waals surface area contributed by atoms with Crippen molar-refractivity contribution >= 4 is 31.4 Å². The predicted octanol–water partition coefficient (Wildman–Crippen LogP) is 3.39. The Morgan fingerprint density at radius 3 is 1.97 bits per heavy atom. The first-order valence-corrected chi connectivity index (χ1v) is 13.1. The number of alkyl halides is 6. The maximum absolute atomic E-state index is 14.0. The topological polar surface area (TPSA) is 127 Å². The number of nitrogens with one attached hydrogen (secondary N) is 1. The van der Waals surface area contributed by atoms with Crippen LogP contribution in [0.25, 0.3) is 0 Å². The van der Waals surface area contributed by atoms with Gasteiger partial charge in [0.1, 0.15) is 5.76 Å². The van der Waals surface area contributed by atoms with Crippen molar-refractivity contribution in [2.75, 3.05) is 0 Å². The Labute approximate surface area is 182 Å². The van der Waals surface area contributed by atoms with E-state index in [0.717, 1.165) is 43.8 Å². The van der Waals surface area contributed by atoms with Crippen molar-refractivity contribution in [2.45, 2.75) is 61.4 Å². The Bertz CT molecular complexity index is 1020. The molecule has 1 atom stereocenters. The van der Waals surface area contributed by atoms with Crippen molar-refractivity contribution in [3.63, 3.8) is 0 Å². The summed E-state index contributed by atoms with van der Waals surface area (Å²) in [5, 5.41) is -13.5. The average molecular weight is 536 g/mol. The third-order valence-corrected chi connectivity index (χ3v) is 8.75. The van der Waals surface area contributed by atoms with Crippen LogP contribution in [0.5, 0.6) is 0 Å². The molecule has 0 amide bonds. The lowest BCUT2D eigenvalue weighted by atomic mass is 9.81. The first kappa shape index (κ1) is 27.1. The molecule has 1 unspecified atom stereocenters. The molecule has 1 fully saturated rings. The van der Waals surface area contributed by atoms with Gasteiger partial charge in [-0.2, -0.15) is 34.8 Å². The van der Waals surface area contributed by atoms with Crippen LogP contribution < -0.4 is 4.13 Å². The second kappa shape index (κ2) is 9.23. The van der Waals surface area contributed by atoms with E-state index in [0.29, 0.717) is 0 Å². The Kier molecular flexibility index (Phi) is 7.81. The van der Waals surface area contributed by atoms with Gasteiger partial charge >= 0.3 is 26.5 Å². The van der Waals surface area contributed by atoms with Crippen LogP contribution >= 0.6 is 0 Å². The molecular formula is C15H19F6NO7S3. The maximum atomic E-state index is 14.0. The van der Waals surface area contributed by atoms with E-state index < -0.39 is 53.6 Å². The van der Waals surface area contributed by atoms with Crippen LogP contribution in [0.4, 0.5) is 26.3 Å². The van der Waals surface area contributed by atoms with E-state index in [1.807, 2.05) is 0 Å². The van der Waals surface area contributed by atoms with Crippen molar-refractivity contribution in [2.24, 2.45) is 5.92 Å². The molecule has 0 radical (unpaired) electrons. The van der Waals surface area contributed by atoms with E-state index in [9.17, 15) is 47.4 Å². The fourth-order valence-electron chi connectivity index (χ4n) is 3.35. The quantitative estimate of drug-likeness (QED) is 0.263. The van der Waals surface area contributed by atoms with Gasteiger partial charge in [0.2, 0.25) is 11.3 Å². The van der Waals surface area contributed by atoms with E-state index in [2.05, 4.69) is 4.18 Å². The van der Waals surface area contributed by atoms with E-state index in [1.54, 1.807) is 0 Å². The Morgan fingerprint density at radius 1 is 0.938 bits per heavy atom. The van der Waals surface area contributed by atoms with Gasteiger partial charge in [-0.25, -0.2) is 12.6 Å². The van der Waals surface area contributed by atoms with Gasteiger partial charge in [0, 0.05) is 6.42 Å². The minimum absolute atomic E-state index is 0.0883. The first-order chi connectivity index (χ1) is 14.5. The molecular weight excluding hydrogens is 516 g/mol. The summed E-state index contributed by atoms with van der Waals surface area (Å²) >= 11 is -3.87. The largest absolute Gasteiger partial charge is 0.450 e. The van der Waals surface area contributed by atoms with Crippen LogP contribution in [-0.2, 0) is 35.6 Å². The summed E-state index contributed by atoms with van der Waals surface area (Å²) in [4.78, 5) is 0. The second-order valence-electron chi connectivity index (χ2n) is 7.19. The molecule has 2 aliphatic carbocycles. The molecule has 2 aliphatic rings. The Morgan fingerprint density at radius 2 is 1.50 bits per heavy atom. The van der Waals surface area contributed by atoms with Gasteiger partial charge in [0.05, 0.1) is 0 Å². The zero-order valence-electron chi connectivity index (χ0n) is 16.1. The average Bonchev–Trinajstić information content (AvgIpc) is 2.67. The molecule has 32 heavy (non-hydrogen) atoms. The van der Waals surface area contributed by atoms with Crippen LogP contribution in [0, 0.1) is 5.92 Å². The number of hydrogen-bond donors (Lipinski definition) is 2. The summed E-state index contributed by atoms with van der Waals surface area (Å²) in [6.07, 6.45) is 6.96. The minimum atomic E-state index is -7.08. The number of hydrogen-bond acceptors (Lipinski definition) is 6. The first-order valence-electron chi connectivity index (χ1n) is 9.06. The van der Waals surface area contributed by atoms with Crippen molar-refractivity contribution in [3.05, 3.63) is 23.5 Å². The maximum Gasteiger partial charge on any atom is 0.450 e. The van der Waals surface area contributed by atoms with Crippen LogP contribution in [0.15, 0.2) is 23.5 Å². The van der Waals surface area contributed by atoms with E-state index in [-0.39, 0.29) is 22.9 Å². The van der Waals surface area contributed by atoms with Gasteiger partial charge in [0.15, 0.2) is 0 Å². The molecule has 2 rings (SSSR count). The molecule has 0 heterocycles. The van der Waals surface area contributed by atoms with Gasteiger partial charge in [0.25, 0.3) is 10.0 Å². The second-order valence-corrected chi connectivity index (χ2v) is 11.5. The summed E-state index contributed by atoms with van der Waals surface area (Å²) in [5.41, 5.74) is 0.882. The molecule has 8 nitrogen and oxygen atoms in total. The lowest BCUT2D eigenvalue weighted by Gasteiger charge is -2.31. The summed E-state index contributed by atoms with van der Waals surface area (Å²) < 4.78 is 152. The van der Waals surface area contributed by atoms with Crippen LogP contribution in [0.3, 0.4) is 0 Å². The number of halogens is 6. The van der Waals surface area contributed by atoms with Crippen LogP contribution in [-0.4, -0.2) is 42.0 Å². The standard InChI is InChI=1S/C15H19F6NO7S3/c16-13(17,14(18,19)31(25,26)22-30(23)24)15(20,21)32(27,28)29-12-8-6-11(7-9-12)10-4-2-1-3-5-10/h6,8,10,22H,1-5,7,9H2,(H,23,24). The van der Waals surface area contributed by atoms with Crippen molar-refractivity contribution in [1.82, 2.24) is 4.13 Å². The monoisotopic (exact) mass is 535 g/mol. The van der Waals surface area contributed by atoms with Gasteiger partial charge in [-0.05, 0) is 31.3 Å². The van der Waals surface area contributed by atoms with Crippen LogP contribution in [0.1, 0.15) is 44.9 Å². The molecule has 186 valence electrons. The summed E-state index contributed by atoms with van der Waals surface area (Å²) in [6, 6.07) is 0. The van der Waals surface area contributed by atoms with E-state index >= 15 is 0 Å². The molecule has 0 aromatic carbocycles. The molecule has 17 heteroatoms. The molecule has 0 spiro atoms. The fourth-order valence-corrected chi connectivity index (χ4v) is 6.02.